The van der Waals surface area contributed by atoms with Crippen LogP contribution in [0.1, 0.15) is 32.3 Å². The number of piperidine rings is 1. The normalized spacial score (nSPS) is 27.0. The SMILES string of the molecule is Cc1c(N)nsc1N1CCC(C)CC1C. The lowest BCUT2D eigenvalue weighted by molar-refractivity contribution is 0.379. The smallest absolute Gasteiger partial charge is 0.142 e. The van der Waals surface area contributed by atoms with Crippen LogP contribution in [0, 0.1) is 12.8 Å². The first kappa shape index (κ1) is 10.7. The molecule has 0 spiro atoms. The highest BCUT2D eigenvalue weighted by Crippen LogP contribution is 2.35. The molecule has 2 atom stereocenters. The van der Waals surface area contributed by atoms with Crippen molar-refractivity contribution in [2.75, 3.05) is 17.2 Å². The van der Waals surface area contributed by atoms with Crippen molar-refractivity contribution in [3.05, 3.63) is 5.56 Å². The third-order valence-electron chi connectivity index (χ3n) is 3.33. The van der Waals surface area contributed by atoms with Crippen LogP contribution in [0.4, 0.5) is 10.8 Å². The van der Waals surface area contributed by atoms with Crippen LogP contribution in [0.5, 0.6) is 0 Å². The Morgan fingerprint density at radius 1 is 1.47 bits per heavy atom. The van der Waals surface area contributed by atoms with E-state index in [1.54, 1.807) is 0 Å². The number of hydrogen-bond acceptors (Lipinski definition) is 4. The number of nitrogens with zero attached hydrogens (tertiary/aromatic N) is 2. The van der Waals surface area contributed by atoms with Crippen molar-refractivity contribution in [1.29, 1.82) is 0 Å². The Kier molecular flexibility index (Phi) is 2.87. The predicted octanol–water partition coefficient (Wildman–Crippen LogP) is 2.66. The zero-order chi connectivity index (χ0) is 11.0. The van der Waals surface area contributed by atoms with Gasteiger partial charge in [-0.15, -0.1) is 0 Å². The highest BCUT2D eigenvalue weighted by atomic mass is 32.1. The minimum atomic E-state index is 0.618. The molecule has 1 aromatic rings. The number of rotatable bonds is 1. The van der Waals surface area contributed by atoms with Gasteiger partial charge < -0.3 is 10.6 Å². The van der Waals surface area contributed by atoms with Crippen LogP contribution in [-0.4, -0.2) is 17.0 Å². The second kappa shape index (κ2) is 4.00. The fourth-order valence-electron chi connectivity index (χ4n) is 2.32. The van der Waals surface area contributed by atoms with Crippen molar-refractivity contribution in [1.82, 2.24) is 4.37 Å². The molecular formula is C11H19N3S. The Hall–Kier alpha value is -0.770. The van der Waals surface area contributed by atoms with Crippen LogP contribution in [0.15, 0.2) is 0 Å². The summed E-state index contributed by atoms with van der Waals surface area (Å²) in [5.41, 5.74) is 6.95. The summed E-state index contributed by atoms with van der Waals surface area (Å²) in [6.07, 6.45) is 2.55. The molecule has 1 aliphatic rings. The molecule has 2 unspecified atom stereocenters. The maximum absolute atomic E-state index is 5.79. The van der Waals surface area contributed by atoms with E-state index in [2.05, 4.69) is 30.0 Å². The average Bonchev–Trinajstić information content (AvgIpc) is 2.49. The van der Waals surface area contributed by atoms with E-state index in [9.17, 15) is 0 Å². The molecule has 84 valence electrons. The third kappa shape index (κ3) is 1.95. The maximum atomic E-state index is 5.79. The quantitative estimate of drug-likeness (QED) is 0.799. The van der Waals surface area contributed by atoms with Crippen LogP contribution in [0.3, 0.4) is 0 Å². The molecule has 0 bridgehead atoms. The second-order valence-corrected chi connectivity index (χ2v) is 5.42. The molecule has 0 aliphatic carbocycles. The molecule has 2 heterocycles. The largest absolute Gasteiger partial charge is 0.383 e. The van der Waals surface area contributed by atoms with Crippen LogP contribution in [0.25, 0.3) is 0 Å². The van der Waals surface area contributed by atoms with Gasteiger partial charge in [-0.25, -0.2) is 0 Å². The highest BCUT2D eigenvalue weighted by molar-refractivity contribution is 7.10. The predicted molar refractivity (Wildman–Crippen MR) is 66.5 cm³/mol. The van der Waals surface area contributed by atoms with Gasteiger partial charge >= 0.3 is 0 Å². The standard InChI is InChI=1S/C11H19N3S/c1-7-4-5-14(8(2)6-7)11-9(3)10(12)13-15-11/h7-8H,4-6H2,1-3H3,(H2,12,13). The fraction of sp³-hybridized carbons (Fsp3) is 0.727. The Morgan fingerprint density at radius 3 is 2.73 bits per heavy atom. The van der Waals surface area contributed by atoms with Crippen LogP contribution in [-0.2, 0) is 0 Å². The summed E-state index contributed by atoms with van der Waals surface area (Å²) < 4.78 is 4.22. The average molecular weight is 225 g/mol. The lowest BCUT2D eigenvalue weighted by Gasteiger charge is -2.37. The highest BCUT2D eigenvalue weighted by Gasteiger charge is 2.25. The Morgan fingerprint density at radius 2 is 2.20 bits per heavy atom. The Labute approximate surface area is 95.4 Å². The zero-order valence-corrected chi connectivity index (χ0v) is 10.5. The van der Waals surface area contributed by atoms with E-state index in [0.717, 1.165) is 18.0 Å². The number of anilines is 2. The van der Waals surface area contributed by atoms with Crippen molar-refractivity contribution in [3.8, 4) is 0 Å². The van der Waals surface area contributed by atoms with Crippen molar-refractivity contribution in [2.45, 2.75) is 39.7 Å². The van der Waals surface area contributed by atoms with Gasteiger partial charge in [-0.3, -0.25) is 0 Å². The first-order chi connectivity index (χ1) is 7.09. The number of nitrogen functional groups attached to an aromatic ring is 1. The summed E-state index contributed by atoms with van der Waals surface area (Å²) in [6, 6.07) is 0.618. The topological polar surface area (TPSA) is 42.1 Å². The molecular weight excluding hydrogens is 206 g/mol. The van der Waals surface area contributed by atoms with E-state index in [0.29, 0.717) is 11.9 Å². The van der Waals surface area contributed by atoms with E-state index in [1.165, 1.54) is 29.4 Å². The zero-order valence-electron chi connectivity index (χ0n) is 9.66. The lowest BCUT2D eigenvalue weighted by Crippen LogP contribution is -2.40. The van der Waals surface area contributed by atoms with Gasteiger partial charge in [0.2, 0.25) is 0 Å². The second-order valence-electron chi connectivity index (χ2n) is 4.67. The van der Waals surface area contributed by atoms with Gasteiger partial charge in [-0.1, -0.05) is 6.92 Å². The Bertz CT molecular complexity index is 348. The summed E-state index contributed by atoms with van der Waals surface area (Å²) >= 11 is 1.54. The van der Waals surface area contributed by atoms with Crippen molar-refractivity contribution in [3.63, 3.8) is 0 Å². The van der Waals surface area contributed by atoms with Gasteiger partial charge in [-0.2, -0.15) is 4.37 Å². The van der Waals surface area contributed by atoms with Gasteiger partial charge in [-0.05, 0) is 44.1 Å². The first-order valence-corrected chi connectivity index (χ1v) is 6.35. The lowest BCUT2D eigenvalue weighted by atomic mass is 9.93. The molecule has 4 heteroatoms. The van der Waals surface area contributed by atoms with Crippen LogP contribution >= 0.6 is 11.5 Å². The van der Waals surface area contributed by atoms with E-state index in [4.69, 9.17) is 5.73 Å². The van der Waals surface area contributed by atoms with Gasteiger partial charge in [0, 0.05) is 18.2 Å². The number of hydrogen-bond donors (Lipinski definition) is 1. The van der Waals surface area contributed by atoms with Crippen molar-refractivity contribution < 1.29 is 0 Å². The summed E-state index contributed by atoms with van der Waals surface area (Å²) in [5, 5.41) is 1.27. The van der Waals surface area contributed by atoms with Crippen LogP contribution < -0.4 is 10.6 Å². The Balaban J connectivity index is 2.20. The van der Waals surface area contributed by atoms with E-state index < -0.39 is 0 Å². The third-order valence-corrected chi connectivity index (χ3v) is 4.34. The maximum Gasteiger partial charge on any atom is 0.142 e. The molecule has 0 radical (unpaired) electrons. The summed E-state index contributed by atoms with van der Waals surface area (Å²) in [7, 11) is 0. The molecule has 3 nitrogen and oxygen atoms in total. The van der Waals surface area contributed by atoms with Gasteiger partial charge in [0.05, 0.1) is 0 Å². The number of nitrogens with two attached hydrogens (primary N) is 1. The van der Waals surface area contributed by atoms with E-state index in [1.807, 2.05) is 0 Å². The van der Waals surface area contributed by atoms with Gasteiger partial charge in [0.25, 0.3) is 0 Å². The minimum absolute atomic E-state index is 0.618. The van der Waals surface area contributed by atoms with Crippen molar-refractivity contribution >= 4 is 22.4 Å². The number of aromatic nitrogens is 1. The van der Waals surface area contributed by atoms with E-state index in [-0.39, 0.29) is 0 Å². The molecule has 0 aromatic carbocycles. The summed E-state index contributed by atoms with van der Waals surface area (Å²) in [5.74, 6) is 1.54. The molecule has 1 aliphatic heterocycles. The van der Waals surface area contributed by atoms with Gasteiger partial charge in [0.15, 0.2) is 0 Å². The summed E-state index contributed by atoms with van der Waals surface area (Å²) in [4.78, 5) is 2.46. The molecule has 1 aromatic heterocycles. The molecule has 2 N–H and O–H groups in total. The molecule has 1 saturated heterocycles. The first-order valence-electron chi connectivity index (χ1n) is 5.58. The van der Waals surface area contributed by atoms with Gasteiger partial charge in [0.1, 0.15) is 10.8 Å². The van der Waals surface area contributed by atoms with E-state index >= 15 is 0 Å². The molecule has 2 rings (SSSR count). The van der Waals surface area contributed by atoms with Crippen LogP contribution in [0.2, 0.25) is 0 Å². The molecule has 15 heavy (non-hydrogen) atoms. The molecule has 0 saturated carbocycles. The molecule has 0 amide bonds. The molecule has 1 fully saturated rings. The minimum Gasteiger partial charge on any atom is -0.383 e. The fourth-order valence-corrected chi connectivity index (χ4v) is 3.26. The summed E-state index contributed by atoms with van der Waals surface area (Å²) in [6.45, 7) is 7.84. The van der Waals surface area contributed by atoms with Crippen molar-refractivity contribution in [2.24, 2.45) is 5.92 Å². The monoisotopic (exact) mass is 225 g/mol.